The van der Waals surface area contributed by atoms with Crippen molar-refractivity contribution in [3.05, 3.63) is 40.8 Å². The van der Waals surface area contributed by atoms with E-state index in [-0.39, 0.29) is 6.61 Å². The van der Waals surface area contributed by atoms with Crippen LogP contribution in [-0.2, 0) is 11.3 Å². The number of unbranched alkanes of at least 4 members (excludes halogenated alkanes) is 1. The average Bonchev–Trinajstić information content (AvgIpc) is 2.47. The summed E-state index contributed by atoms with van der Waals surface area (Å²) in [7, 11) is 0. The molecule has 0 unspecified atom stereocenters. The predicted octanol–water partition coefficient (Wildman–Crippen LogP) is 2.35. The molecule has 0 bridgehead atoms. The number of nitroso groups, excluding NO2 is 1. The standard InChI is InChI=1S/C14H22N2O3/c1-2-3-9-16(15-18)10-14(11-17)19-12-13-7-5-4-6-8-13/h4-8,14,17H,2-3,9-12H2,1H3/t14-/m0/s1. The normalized spacial score (nSPS) is 12.1. The van der Waals surface area contributed by atoms with Gasteiger partial charge in [0, 0.05) is 6.54 Å². The maximum Gasteiger partial charge on any atom is 0.100 e. The van der Waals surface area contributed by atoms with Crippen LogP contribution in [0.2, 0.25) is 0 Å². The van der Waals surface area contributed by atoms with Crippen molar-refractivity contribution in [2.24, 2.45) is 5.29 Å². The highest BCUT2D eigenvalue weighted by Crippen LogP contribution is 2.06. The van der Waals surface area contributed by atoms with E-state index < -0.39 is 6.10 Å². The molecule has 1 aromatic carbocycles. The molecule has 0 fully saturated rings. The van der Waals surface area contributed by atoms with Gasteiger partial charge in [-0.3, -0.25) is 5.01 Å². The second-order valence-electron chi connectivity index (χ2n) is 4.45. The van der Waals surface area contributed by atoms with Gasteiger partial charge in [0.05, 0.1) is 25.0 Å². The number of aliphatic hydroxyl groups excluding tert-OH is 1. The molecule has 1 aromatic rings. The Hall–Kier alpha value is -1.46. The first-order valence-electron chi connectivity index (χ1n) is 6.64. The number of nitrogens with zero attached hydrogens (tertiary/aromatic N) is 2. The number of rotatable bonds is 10. The first-order valence-corrected chi connectivity index (χ1v) is 6.64. The van der Waals surface area contributed by atoms with Crippen molar-refractivity contribution in [1.29, 1.82) is 0 Å². The fraction of sp³-hybridized carbons (Fsp3) is 0.571. The minimum Gasteiger partial charge on any atom is -0.394 e. The van der Waals surface area contributed by atoms with Crippen LogP contribution in [0.15, 0.2) is 35.6 Å². The fourth-order valence-electron chi connectivity index (χ4n) is 1.69. The summed E-state index contributed by atoms with van der Waals surface area (Å²) in [5, 5.41) is 13.7. The molecule has 1 N–H and O–H groups in total. The van der Waals surface area contributed by atoms with Gasteiger partial charge < -0.3 is 9.84 Å². The molecule has 0 amide bonds. The van der Waals surface area contributed by atoms with E-state index in [4.69, 9.17) is 4.74 Å². The Balaban J connectivity index is 2.37. The lowest BCUT2D eigenvalue weighted by Crippen LogP contribution is -2.33. The molecule has 0 aromatic heterocycles. The molecule has 19 heavy (non-hydrogen) atoms. The summed E-state index contributed by atoms with van der Waals surface area (Å²) < 4.78 is 5.60. The molecular formula is C14H22N2O3. The Morgan fingerprint density at radius 1 is 1.37 bits per heavy atom. The molecular weight excluding hydrogens is 244 g/mol. The maximum atomic E-state index is 10.7. The van der Waals surface area contributed by atoms with Crippen LogP contribution in [0.1, 0.15) is 25.3 Å². The topological polar surface area (TPSA) is 62.1 Å². The molecule has 106 valence electrons. The summed E-state index contributed by atoms with van der Waals surface area (Å²) in [4.78, 5) is 10.7. The molecule has 0 aliphatic rings. The number of hydrogen-bond acceptors (Lipinski definition) is 4. The van der Waals surface area contributed by atoms with Crippen LogP contribution in [0.3, 0.4) is 0 Å². The summed E-state index contributed by atoms with van der Waals surface area (Å²) in [6.45, 7) is 3.29. The van der Waals surface area contributed by atoms with Crippen molar-refractivity contribution in [2.75, 3.05) is 19.7 Å². The van der Waals surface area contributed by atoms with Gasteiger partial charge in [-0.1, -0.05) is 43.7 Å². The van der Waals surface area contributed by atoms with E-state index in [9.17, 15) is 10.0 Å². The van der Waals surface area contributed by atoms with Gasteiger partial charge in [-0.05, 0) is 12.0 Å². The Morgan fingerprint density at radius 2 is 2.11 bits per heavy atom. The van der Waals surface area contributed by atoms with Crippen LogP contribution in [-0.4, -0.2) is 35.9 Å². The Bertz CT molecular complexity index is 346. The van der Waals surface area contributed by atoms with Crippen molar-refractivity contribution in [3.63, 3.8) is 0 Å². The van der Waals surface area contributed by atoms with Crippen LogP contribution in [0.5, 0.6) is 0 Å². The zero-order valence-corrected chi connectivity index (χ0v) is 11.4. The lowest BCUT2D eigenvalue weighted by molar-refractivity contribution is -0.0177. The van der Waals surface area contributed by atoms with Gasteiger partial charge in [-0.25, -0.2) is 0 Å². The van der Waals surface area contributed by atoms with E-state index >= 15 is 0 Å². The van der Waals surface area contributed by atoms with Crippen molar-refractivity contribution in [3.8, 4) is 0 Å². The summed E-state index contributed by atoms with van der Waals surface area (Å²) in [5.41, 5.74) is 1.04. The minimum absolute atomic E-state index is 0.120. The highest BCUT2D eigenvalue weighted by molar-refractivity contribution is 5.13. The van der Waals surface area contributed by atoms with Gasteiger partial charge in [0.25, 0.3) is 0 Å². The fourth-order valence-corrected chi connectivity index (χ4v) is 1.69. The van der Waals surface area contributed by atoms with Gasteiger partial charge in [0.1, 0.15) is 6.10 Å². The number of aliphatic hydroxyl groups is 1. The van der Waals surface area contributed by atoms with E-state index in [1.165, 1.54) is 5.01 Å². The molecule has 0 aliphatic heterocycles. The first kappa shape index (κ1) is 15.6. The summed E-state index contributed by atoms with van der Waals surface area (Å²) in [6, 6.07) is 9.73. The quantitative estimate of drug-likeness (QED) is 0.521. The van der Waals surface area contributed by atoms with Crippen LogP contribution >= 0.6 is 0 Å². The van der Waals surface area contributed by atoms with Crippen LogP contribution in [0.25, 0.3) is 0 Å². The summed E-state index contributed by atoms with van der Waals surface area (Å²) >= 11 is 0. The molecule has 0 radical (unpaired) electrons. The van der Waals surface area contributed by atoms with Crippen molar-refractivity contribution < 1.29 is 9.84 Å². The molecule has 0 spiro atoms. The third kappa shape index (κ3) is 6.31. The highest BCUT2D eigenvalue weighted by atomic mass is 16.5. The van der Waals surface area contributed by atoms with Gasteiger partial charge in [0.15, 0.2) is 0 Å². The van der Waals surface area contributed by atoms with Crippen molar-refractivity contribution in [2.45, 2.75) is 32.5 Å². The Kier molecular flexibility index (Phi) is 7.77. The van der Waals surface area contributed by atoms with Crippen molar-refractivity contribution >= 4 is 0 Å². The van der Waals surface area contributed by atoms with Crippen LogP contribution in [0.4, 0.5) is 0 Å². The van der Waals surface area contributed by atoms with E-state index in [0.717, 1.165) is 18.4 Å². The number of ether oxygens (including phenoxy) is 1. The van der Waals surface area contributed by atoms with E-state index in [1.54, 1.807) is 0 Å². The van der Waals surface area contributed by atoms with Crippen LogP contribution in [0, 0.1) is 4.91 Å². The minimum atomic E-state index is -0.394. The zero-order valence-electron chi connectivity index (χ0n) is 11.4. The smallest absolute Gasteiger partial charge is 0.100 e. The number of benzene rings is 1. The van der Waals surface area contributed by atoms with Crippen LogP contribution < -0.4 is 0 Å². The third-order valence-corrected chi connectivity index (χ3v) is 2.83. The van der Waals surface area contributed by atoms with Gasteiger partial charge in [-0.2, -0.15) is 0 Å². The second kappa shape index (κ2) is 9.47. The lowest BCUT2D eigenvalue weighted by Gasteiger charge is -2.21. The average molecular weight is 266 g/mol. The molecule has 5 heteroatoms. The van der Waals surface area contributed by atoms with E-state index in [2.05, 4.69) is 12.2 Å². The monoisotopic (exact) mass is 266 g/mol. The maximum absolute atomic E-state index is 10.7. The highest BCUT2D eigenvalue weighted by Gasteiger charge is 2.13. The van der Waals surface area contributed by atoms with Crippen molar-refractivity contribution in [1.82, 2.24) is 5.01 Å². The van der Waals surface area contributed by atoms with Gasteiger partial charge in [0.2, 0.25) is 0 Å². The molecule has 1 rings (SSSR count). The van der Waals surface area contributed by atoms with E-state index in [0.29, 0.717) is 19.7 Å². The molecule has 0 saturated carbocycles. The van der Waals surface area contributed by atoms with E-state index in [1.807, 2.05) is 30.3 Å². The van der Waals surface area contributed by atoms with Gasteiger partial charge >= 0.3 is 0 Å². The molecule has 0 saturated heterocycles. The summed E-state index contributed by atoms with van der Waals surface area (Å²) in [6.07, 6.45) is 1.51. The summed E-state index contributed by atoms with van der Waals surface area (Å²) in [5.74, 6) is 0. The SMILES string of the molecule is CCCCN(C[C@@H](CO)OCc1ccccc1)N=O. The van der Waals surface area contributed by atoms with Gasteiger partial charge in [-0.15, -0.1) is 4.91 Å². The number of hydrogen-bond donors (Lipinski definition) is 1. The first-order chi connectivity index (χ1) is 9.30. The molecule has 1 atom stereocenters. The lowest BCUT2D eigenvalue weighted by atomic mass is 10.2. The Morgan fingerprint density at radius 3 is 2.68 bits per heavy atom. The predicted molar refractivity (Wildman–Crippen MR) is 74.4 cm³/mol. The molecule has 5 nitrogen and oxygen atoms in total. The molecule has 0 heterocycles. The largest absolute Gasteiger partial charge is 0.394 e. The Labute approximate surface area is 114 Å². The zero-order chi connectivity index (χ0) is 13.9. The molecule has 0 aliphatic carbocycles. The second-order valence-corrected chi connectivity index (χ2v) is 4.45. The third-order valence-electron chi connectivity index (χ3n) is 2.83.